The number of nitrogens with zero attached hydrogens (tertiary/aromatic N) is 2. The van der Waals surface area contributed by atoms with Crippen LogP contribution in [-0.4, -0.2) is 24.9 Å². The van der Waals surface area contributed by atoms with E-state index in [0.29, 0.717) is 17.0 Å². The van der Waals surface area contributed by atoms with Gasteiger partial charge in [-0.1, -0.05) is 42.5 Å². The van der Waals surface area contributed by atoms with Gasteiger partial charge in [0.1, 0.15) is 5.70 Å². The van der Waals surface area contributed by atoms with Gasteiger partial charge in [-0.3, -0.25) is 9.59 Å². The fourth-order valence-electron chi connectivity index (χ4n) is 4.74. The summed E-state index contributed by atoms with van der Waals surface area (Å²) in [6.45, 7) is 6.14. The van der Waals surface area contributed by atoms with Crippen molar-refractivity contribution in [2.45, 2.75) is 33.1 Å². The number of carbonyl (C=O) groups excluding carboxylic acids is 2. The number of aryl methyl sites for hydroxylation is 1. The summed E-state index contributed by atoms with van der Waals surface area (Å²) < 4.78 is 0. The lowest BCUT2D eigenvalue weighted by Gasteiger charge is -2.29. The highest BCUT2D eigenvalue weighted by Crippen LogP contribution is 2.35. The van der Waals surface area contributed by atoms with Gasteiger partial charge in [-0.25, -0.2) is 4.90 Å². The summed E-state index contributed by atoms with van der Waals surface area (Å²) in [6, 6.07) is 23.1. The number of amides is 2. The molecule has 2 heterocycles. The molecule has 0 aromatic heterocycles. The van der Waals surface area contributed by atoms with E-state index in [0.717, 1.165) is 41.2 Å². The second kappa shape index (κ2) is 9.18. The van der Waals surface area contributed by atoms with Gasteiger partial charge in [0.05, 0.1) is 11.3 Å². The summed E-state index contributed by atoms with van der Waals surface area (Å²) in [6.07, 6.45) is 3.67. The smallest absolute Gasteiger partial charge is 0.282 e. The average molecular weight is 452 g/mol. The van der Waals surface area contributed by atoms with Crippen LogP contribution in [0.4, 0.5) is 17.1 Å². The van der Waals surface area contributed by atoms with E-state index in [-0.39, 0.29) is 11.8 Å². The van der Waals surface area contributed by atoms with E-state index in [1.54, 1.807) is 0 Å². The highest BCUT2D eigenvalue weighted by Gasteiger charge is 2.40. The molecule has 0 unspecified atom stereocenters. The normalized spacial score (nSPS) is 16.4. The monoisotopic (exact) mass is 451 g/mol. The Kier molecular flexibility index (Phi) is 5.93. The molecule has 5 nitrogen and oxygen atoms in total. The number of piperidine rings is 1. The molecule has 172 valence electrons. The zero-order valence-corrected chi connectivity index (χ0v) is 19.7. The van der Waals surface area contributed by atoms with Crippen LogP contribution in [0.1, 0.15) is 36.0 Å². The van der Waals surface area contributed by atoms with E-state index >= 15 is 0 Å². The minimum atomic E-state index is -0.338. The first kappa shape index (κ1) is 22.0. The Balaban J connectivity index is 1.51. The summed E-state index contributed by atoms with van der Waals surface area (Å²) in [7, 11) is 0. The van der Waals surface area contributed by atoms with Gasteiger partial charge < -0.3 is 10.2 Å². The molecule has 34 heavy (non-hydrogen) atoms. The lowest BCUT2D eigenvalue weighted by Crippen LogP contribution is -2.32. The van der Waals surface area contributed by atoms with Gasteiger partial charge in [0.25, 0.3) is 11.8 Å². The maximum Gasteiger partial charge on any atom is 0.282 e. The van der Waals surface area contributed by atoms with Gasteiger partial charge in [-0.05, 0) is 80.1 Å². The van der Waals surface area contributed by atoms with Crippen LogP contribution in [0, 0.1) is 13.8 Å². The van der Waals surface area contributed by atoms with E-state index < -0.39 is 0 Å². The minimum absolute atomic E-state index is 0.310. The van der Waals surface area contributed by atoms with Gasteiger partial charge in [0.15, 0.2) is 0 Å². The third-order valence-electron chi connectivity index (χ3n) is 6.84. The molecule has 0 saturated carbocycles. The van der Waals surface area contributed by atoms with Crippen LogP contribution in [0.2, 0.25) is 0 Å². The summed E-state index contributed by atoms with van der Waals surface area (Å²) >= 11 is 0. The van der Waals surface area contributed by atoms with E-state index in [1.165, 1.54) is 24.2 Å². The number of hydrogen-bond donors (Lipinski definition) is 1. The molecule has 2 aliphatic rings. The van der Waals surface area contributed by atoms with Gasteiger partial charge in [-0.15, -0.1) is 0 Å². The standard InChI is InChI=1S/C29H29N3O2/c1-20-10-9-13-25(21(20)2)30-27-26(22-11-5-3-6-12-22)28(33)32(29(27)34)24-16-14-23(15-17-24)31-18-7-4-8-19-31/h3,5-6,9-17,30H,4,7-8,18-19H2,1-2H3. The zero-order chi connectivity index (χ0) is 23.7. The highest BCUT2D eigenvalue weighted by molar-refractivity contribution is 6.46. The van der Waals surface area contributed by atoms with Crippen LogP contribution in [0.15, 0.2) is 78.5 Å². The Morgan fingerprint density at radius 2 is 1.38 bits per heavy atom. The summed E-state index contributed by atoms with van der Waals surface area (Å²) in [5, 5.41) is 3.30. The van der Waals surface area contributed by atoms with Gasteiger partial charge >= 0.3 is 0 Å². The summed E-state index contributed by atoms with van der Waals surface area (Å²) in [5.74, 6) is -0.648. The maximum absolute atomic E-state index is 13.7. The van der Waals surface area contributed by atoms with Gasteiger partial charge in [0.2, 0.25) is 0 Å². The molecule has 0 spiro atoms. The van der Waals surface area contributed by atoms with Crippen LogP contribution >= 0.6 is 0 Å². The number of benzene rings is 3. The Labute approximate surface area is 200 Å². The molecular weight excluding hydrogens is 422 g/mol. The van der Waals surface area contributed by atoms with Crippen LogP contribution in [0.25, 0.3) is 5.57 Å². The van der Waals surface area contributed by atoms with E-state index in [4.69, 9.17) is 0 Å². The van der Waals surface area contributed by atoms with E-state index in [2.05, 4.69) is 10.2 Å². The van der Waals surface area contributed by atoms with Crippen molar-refractivity contribution in [3.63, 3.8) is 0 Å². The quantitative estimate of drug-likeness (QED) is 0.506. The predicted octanol–water partition coefficient (Wildman–Crippen LogP) is 5.69. The van der Waals surface area contributed by atoms with Crippen molar-refractivity contribution < 1.29 is 9.59 Å². The van der Waals surface area contributed by atoms with Crippen molar-refractivity contribution in [1.82, 2.24) is 0 Å². The van der Waals surface area contributed by atoms with Gasteiger partial charge in [0, 0.05) is 24.5 Å². The Morgan fingerprint density at radius 3 is 2.09 bits per heavy atom. The third kappa shape index (κ3) is 3.98. The van der Waals surface area contributed by atoms with Crippen molar-refractivity contribution in [2.75, 3.05) is 28.2 Å². The molecule has 0 radical (unpaired) electrons. The Hall–Kier alpha value is -3.86. The number of hydrogen-bond acceptors (Lipinski definition) is 4. The second-order valence-corrected chi connectivity index (χ2v) is 9.00. The molecule has 5 heteroatoms. The summed E-state index contributed by atoms with van der Waals surface area (Å²) in [5.41, 5.74) is 6.14. The van der Waals surface area contributed by atoms with E-state index in [1.807, 2.05) is 86.6 Å². The SMILES string of the molecule is Cc1cccc(NC2=C(c3ccccc3)C(=O)N(c3ccc(N4CCCCC4)cc3)C2=O)c1C. The molecule has 1 N–H and O–H groups in total. The highest BCUT2D eigenvalue weighted by atomic mass is 16.2. The molecule has 2 amide bonds. The fraction of sp³-hybridized carbons (Fsp3) is 0.241. The number of imide groups is 1. The minimum Gasteiger partial charge on any atom is -0.372 e. The Morgan fingerprint density at radius 1 is 0.706 bits per heavy atom. The van der Waals surface area contributed by atoms with Crippen LogP contribution < -0.4 is 15.1 Å². The molecule has 1 fully saturated rings. The molecule has 3 aromatic rings. The van der Waals surface area contributed by atoms with Crippen molar-refractivity contribution in [3.8, 4) is 0 Å². The predicted molar refractivity (Wildman–Crippen MR) is 138 cm³/mol. The number of carbonyl (C=O) groups is 2. The van der Waals surface area contributed by atoms with E-state index in [9.17, 15) is 9.59 Å². The van der Waals surface area contributed by atoms with Crippen LogP contribution in [-0.2, 0) is 9.59 Å². The zero-order valence-electron chi connectivity index (χ0n) is 19.7. The molecule has 5 rings (SSSR count). The number of anilines is 3. The van der Waals surface area contributed by atoms with Crippen molar-refractivity contribution in [1.29, 1.82) is 0 Å². The fourth-order valence-corrected chi connectivity index (χ4v) is 4.74. The first-order valence-electron chi connectivity index (χ1n) is 11.9. The third-order valence-corrected chi connectivity index (χ3v) is 6.84. The van der Waals surface area contributed by atoms with Crippen molar-refractivity contribution in [3.05, 3.63) is 95.2 Å². The first-order valence-corrected chi connectivity index (χ1v) is 11.9. The topological polar surface area (TPSA) is 52.7 Å². The molecule has 0 bridgehead atoms. The van der Waals surface area contributed by atoms with Crippen LogP contribution in [0.3, 0.4) is 0 Å². The maximum atomic E-state index is 13.7. The number of nitrogens with one attached hydrogen (secondary N) is 1. The molecular formula is C29H29N3O2. The summed E-state index contributed by atoms with van der Waals surface area (Å²) in [4.78, 5) is 31.0. The van der Waals surface area contributed by atoms with Crippen molar-refractivity contribution in [2.24, 2.45) is 0 Å². The Bertz CT molecular complexity index is 1260. The average Bonchev–Trinajstić information content (AvgIpc) is 3.12. The lowest BCUT2D eigenvalue weighted by atomic mass is 10.0. The molecule has 0 aliphatic carbocycles. The molecule has 1 saturated heterocycles. The number of rotatable bonds is 5. The van der Waals surface area contributed by atoms with Crippen molar-refractivity contribution >= 4 is 34.4 Å². The molecule has 3 aromatic carbocycles. The largest absolute Gasteiger partial charge is 0.372 e. The first-order chi connectivity index (χ1) is 16.5. The second-order valence-electron chi connectivity index (χ2n) is 9.00. The van der Waals surface area contributed by atoms with Crippen LogP contribution in [0.5, 0.6) is 0 Å². The molecule has 2 aliphatic heterocycles. The van der Waals surface area contributed by atoms with Gasteiger partial charge in [-0.2, -0.15) is 0 Å². The lowest BCUT2D eigenvalue weighted by molar-refractivity contribution is -0.120. The molecule has 0 atom stereocenters.